The maximum Gasteiger partial charge on any atom is 0.0594 e. The second-order valence-electron chi connectivity index (χ2n) is 14.7. The van der Waals surface area contributed by atoms with Crippen LogP contribution < -0.4 is 0 Å². The highest BCUT2D eigenvalue weighted by atomic mass is 16.3. The van der Waals surface area contributed by atoms with E-state index in [2.05, 4.69) is 55.0 Å². The van der Waals surface area contributed by atoms with Crippen LogP contribution in [0.1, 0.15) is 113 Å². The van der Waals surface area contributed by atoms with Gasteiger partial charge >= 0.3 is 0 Å². The van der Waals surface area contributed by atoms with E-state index in [4.69, 9.17) is 0 Å². The van der Waals surface area contributed by atoms with E-state index in [-0.39, 0.29) is 11.5 Å². The minimum atomic E-state index is -0.118. The van der Waals surface area contributed by atoms with Gasteiger partial charge in [0, 0.05) is 0 Å². The van der Waals surface area contributed by atoms with Crippen LogP contribution in [-0.4, -0.2) is 11.2 Å². The van der Waals surface area contributed by atoms with Gasteiger partial charge in [-0.1, -0.05) is 53.7 Å². The van der Waals surface area contributed by atoms with Crippen molar-refractivity contribution in [2.75, 3.05) is 0 Å². The van der Waals surface area contributed by atoms with Gasteiger partial charge in [-0.15, -0.1) is 0 Å². The lowest BCUT2D eigenvalue weighted by Gasteiger charge is -2.73. The topological polar surface area (TPSA) is 20.2 Å². The number of aliphatic hydroxyl groups is 1. The molecule has 1 N–H and O–H groups in total. The van der Waals surface area contributed by atoms with Crippen LogP contribution >= 0.6 is 0 Å². The molecule has 0 aromatic carbocycles. The molecule has 0 bridgehead atoms. The molecule has 5 fully saturated rings. The van der Waals surface area contributed by atoms with Gasteiger partial charge in [-0.2, -0.15) is 0 Å². The SMILES string of the molecule is C=C(C)[C@@H]1CC[C@]2(C)CC[C@]3(C)[C@H](CC[C@@H]4[C@]5(C)CC[C@@H](O)C(C)(C)[C@@H]5CC[C@@]43C)[C@@H]12. The maximum atomic E-state index is 10.9. The van der Waals surface area contributed by atoms with Crippen LogP contribution in [-0.2, 0) is 0 Å². The number of allylic oxidation sites excluding steroid dienone is 1. The molecule has 0 heterocycles. The molecular formula is C30H50O. The molecule has 5 aliphatic carbocycles. The zero-order valence-electron chi connectivity index (χ0n) is 21.7. The summed E-state index contributed by atoms with van der Waals surface area (Å²) in [6, 6.07) is 0. The van der Waals surface area contributed by atoms with Crippen molar-refractivity contribution in [1.82, 2.24) is 0 Å². The summed E-state index contributed by atoms with van der Waals surface area (Å²) in [7, 11) is 0. The Morgan fingerprint density at radius 2 is 1.45 bits per heavy atom. The molecule has 0 amide bonds. The Balaban J connectivity index is 1.54. The first kappa shape index (κ1) is 22.5. The second kappa shape index (κ2) is 6.64. The quantitative estimate of drug-likeness (QED) is 0.421. The van der Waals surface area contributed by atoms with Crippen LogP contribution in [0.3, 0.4) is 0 Å². The van der Waals surface area contributed by atoms with Crippen molar-refractivity contribution in [3.05, 3.63) is 12.2 Å². The van der Waals surface area contributed by atoms with Crippen molar-refractivity contribution in [3.8, 4) is 0 Å². The van der Waals surface area contributed by atoms with Crippen LogP contribution in [0.4, 0.5) is 0 Å². The van der Waals surface area contributed by atoms with Gasteiger partial charge in [0.2, 0.25) is 0 Å². The molecule has 5 saturated carbocycles. The molecule has 0 saturated heterocycles. The summed E-state index contributed by atoms with van der Waals surface area (Å²) in [6.07, 6.45) is 13.4. The van der Waals surface area contributed by atoms with Crippen LogP contribution in [0.5, 0.6) is 0 Å². The summed E-state index contributed by atoms with van der Waals surface area (Å²) < 4.78 is 0. The van der Waals surface area contributed by atoms with Crippen molar-refractivity contribution in [2.45, 2.75) is 119 Å². The molecule has 5 aliphatic rings. The monoisotopic (exact) mass is 426 g/mol. The lowest BCUT2D eigenvalue weighted by atomic mass is 9.32. The van der Waals surface area contributed by atoms with Gasteiger partial charge in [0.25, 0.3) is 0 Å². The number of hydrogen-bond acceptors (Lipinski definition) is 1. The highest BCUT2D eigenvalue weighted by Crippen LogP contribution is 2.77. The molecule has 5 rings (SSSR count). The molecule has 1 heteroatoms. The highest BCUT2D eigenvalue weighted by molar-refractivity contribution is 5.21. The molecule has 0 unspecified atom stereocenters. The fourth-order valence-corrected chi connectivity index (χ4v) is 11.5. The second-order valence-corrected chi connectivity index (χ2v) is 14.7. The summed E-state index contributed by atoms with van der Waals surface area (Å²) in [6.45, 7) is 22.3. The lowest BCUT2D eigenvalue weighted by molar-refractivity contribution is -0.246. The Bertz CT molecular complexity index is 766. The Morgan fingerprint density at radius 1 is 0.742 bits per heavy atom. The Kier molecular flexibility index (Phi) is 4.82. The first-order valence-corrected chi connectivity index (χ1v) is 13.6. The predicted octanol–water partition coefficient (Wildman–Crippen LogP) is 8.02. The number of hydrogen-bond donors (Lipinski definition) is 1. The summed E-state index contributed by atoms with van der Waals surface area (Å²) >= 11 is 0. The zero-order chi connectivity index (χ0) is 22.6. The van der Waals surface area contributed by atoms with Crippen LogP contribution in [0.2, 0.25) is 0 Å². The Morgan fingerprint density at radius 3 is 2.13 bits per heavy atom. The van der Waals surface area contributed by atoms with Gasteiger partial charge in [0.1, 0.15) is 0 Å². The maximum absolute atomic E-state index is 10.9. The van der Waals surface area contributed by atoms with Gasteiger partial charge in [-0.3, -0.25) is 0 Å². The van der Waals surface area contributed by atoms with Gasteiger partial charge < -0.3 is 5.11 Å². The minimum Gasteiger partial charge on any atom is -0.393 e. The zero-order valence-corrected chi connectivity index (χ0v) is 21.7. The van der Waals surface area contributed by atoms with E-state index in [1.807, 2.05) is 0 Å². The average Bonchev–Trinajstić information content (AvgIpc) is 3.04. The minimum absolute atomic E-state index is 0.0632. The summed E-state index contributed by atoms with van der Waals surface area (Å²) in [5.41, 5.74) is 3.38. The molecule has 0 radical (unpaired) electrons. The summed E-state index contributed by atoms with van der Waals surface area (Å²) in [4.78, 5) is 0. The van der Waals surface area contributed by atoms with Gasteiger partial charge in [0.05, 0.1) is 6.10 Å². The van der Waals surface area contributed by atoms with Crippen molar-refractivity contribution in [3.63, 3.8) is 0 Å². The van der Waals surface area contributed by atoms with E-state index in [0.29, 0.717) is 27.6 Å². The molecular weight excluding hydrogens is 376 g/mol. The van der Waals surface area contributed by atoms with E-state index < -0.39 is 0 Å². The number of aliphatic hydroxyl groups excluding tert-OH is 1. The van der Waals surface area contributed by atoms with E-state index in [0.717, 1.165) is 30.1 Å². The largest absolute Gasteiger partial charge is 0.393 e. The van der Waals surface area contributed by atoms with Crippen LogP contribution in [0.15, 0.2) is 12.2 Å². The van der Waals surface area contributed by atoms with Crippen LogP contribution in [0, 0.1) is 56.7 Å². The van der Waals surface area contributed by atoms with Crippen molar-refractivity contribution >= 4 is 0 Å². The van der Waals surface area contributed by atoms with Crippen molar-refractivity contribution < 1.29 is 5.11 Å². The Hall–Kier alpha value is -0.300. The van der Waals surface area contributed by atoms with Gasteiger partial charge in [-0.25, -0.2) is 0 Å². The van der Waals surface area contributed by atoms with E-state index in [9.17, 15) is 5.11 Å². The molecule has 10 atom stereocenters. The molecule has 0 aliphatic heterocycles. The third-order valence-corrected chi connectivity index (χ3v) is 13.5. The smallest absolute Gasteiger partial charge is 0.0594 e. The molecule has 0 aromatic heterocycles. The van der Waals surface area contributed by atoms with Gasteiger partial charge in [0.15, 0.2) is 0 Å². The highest BCUT2D eigenvalue weighted by Gasteiger charge is 2.70. The van der Waals surface area contributed by atoms with Crippen LogP contribution in [0.25, 0.3) is 0 Å². The summed E-state index contributed by atoms with van der Waals surface area (Å²) in [5.74, 6) is 3.98. The normalized spacial score (nSPS) is 57.9. The molecule has 0 aromatic rings. The third-order valence-electron chi connectivity index (χ3n) is 13.5. The van der Waals surface area contributed by atoms with Crippen molar-refractivity contribution in [2.24, 2.45) is 56.7 Å². The van der Waals surface area contributed by atoms with E-state index in [1.54, 1.807) is 0 Å². The number of rotatable bonds is 1. The third kappa shape index (κ3) is 2.65. The van der Waals surface area contributed by atoms with Gasteiger partial charge in [-0.05, 0) is 128 Å². The van der Waals surface area contributed by atoms with Crippen molar-refractivity contribution in [1.29, 1.82) is 0 Å². The average molecular weight is 427 g/mol. The molecule has 0 spiro atoms. The fraction of sp³-hybridized carbons (Fsp3) is 0.933. The molecule has 176 valence electrons. The molecule has 31 heavy (non-hydrogen) atoms. The van der Waals surface area contributed by atoms with E-state index in [1.165, 1.54) is 63.4 Å². The first-order chi connectivity index (χ1) is 14.3. The summed E-state index contributed by atoms with van der Waals surface area (Å²) in [5, 5.41) is 10.9. The first-order valence-electron chi connectivity index (χ1n) is 13.6. The van der Waals surface area contributed by atoms with E-state index >= 15 is 0 Å². The number of fused-ring (bicyclic) bond motifs is 7. The molecule has 1 nitrogen and oxygen atoms in total. The standard InChI is InChI=1S/C30H50O/c1-19(2)20-11-14-27(5)17-18-29(7)21(25(20)27)9-10-23-28(6)15-13-24(31)26(3,4)22(28)12-16-30(23,29)8/h20-25,31H,1,9-18H2,2-8H3/t20-,21+,22-,23+,24+,25+,27+,28+,29+,30-/m0/s1. The Labute approximate surface area is 192 Å². The predicted molar refractivity (Wildman–Crippen MR) is 131 cm³/mol. The fourth-order valence-electron chi connectivity index (χ4n) is 11.5. The lowest BCUT2D eigenvalue weighted by Crippen LogP contribution is -2.66.